The number of nitrogens with zero attached hydrogens (tertiary/aromatic N) is 3. The van der Waals surface area contributed by atoms with Gasteiger partial charge in [0.2, 0.25) is 0 Å². The van der Waals surface area contributed by atoms with Gasteiger partial charge < -0.3 is 19.7 Å². The van der Waals surface area contributed by atoms with E-state index in [2.05, 4.69) is 22.4 Å². The van der Waals surface area contributed by atoms with Gasteiger partial charge in [-0.2, -0.15) is 0 Å². The van der Waals surface area contributed by atoms with Crippen molar-refractivity contribution >= 4 is 34.0 Å². The number of carboxylic acid groups (broad SMARTS) is 1. The fourth-order valence-electron chi connectivity index (χ4n) is 6.16. The number of carbonyl (C=O) groups is 2. The number of nitrogens with one attached hydrogen (secondary N) is 1. The smallest absolute Gasteiger partial charge is 0.352 e. The Morgan fingerprint density at radius 2 is 1.93 bits per heavy atom. The number of aromatic carboxylic acids is 1. The first kappa shape index (κ1) is 26.8. The SMILES string of the molecule is Cc1nc(C)c(-c2ccc3cc(-c4c(C5CCCCC5)cc(C(=O)O)n4CC(=O)C4CNCCO4)ccc3n2)s1. The molecule has 2 fully saturated rings. The van der Waals surface area contributed by atoms with E-state index in [0.29, 0.717) is 19.7 Å². The topological polar surface area (TPSA) is 106 Å². The van der Waals surface area contributed by atoms with Crippen molar-refractivity contribution in [1.29, 1.82) is 0 Å². The highest BCUT2D eigenvalue weighted by atomic mass is 32.1. The van der Waals surface area contributed by atoms with Crippen molar-refractivity contribution in [1.82, 2.24) is 19.9 Å². The number of ketones is 1. The molecule has 0 spiro atoms. The zero-order valence-corrected chi connectivity index (χ0v) is 23.7. The summed E-state index contributed by atoms with van der Waals surface area (Å²) in [6.07, 6.45) is 4.91. The van der Waals surface area contributed by atoms with E-state index in [0.717, 1.165) is 74.7 Å². The van der Waals surface area contributed by atoms with Gasteiger partial charge in [-0.15, -0.1) is 11.3 Å². The molecule has 4 heterocycles. The van der Waals surface area contributed by atoms with Crippen molar-refractivity contribution in [3.8, 4) is 21.8 Å². The lowest BCUT2D eigenvalue weighted by Crippen LogP contribution is -2.44. The number of Topliss-reactive ketones (excluding diaryl/α,β-unsaturated/α-hetero) is 1. The number of thiazole rings is 1. The first-order valence-corrected chi connectivity index (χ1v) is 14.9. The fraction of sp³-hybridized carbons (Fsp3) is 0.419. The van der Waals surface area contributed by atoms with Crippen LogP contribution >= 0.6 is 11.3 Å². The molecule has 1 saturated carbocycles. The summed E-state index contributed by atoms with van der Waals surface area (Å²) in [7, 11) is 0. The molecular weight excluding hydrogens is 524 g/mol. The average molecular weight is 559 g/mol. The second-order valence-corrected chi connectivity index (χ2v) is 12.0. The summed E-state index contributed by atoms with van der Waals surface area (Å²) in [6, 6.07) is 12.0. The Morgan fingerprint density at radius 1 is 1.10 bits per heavy atom. The van der Waals surface area contributed by atoms with E-state index in [4.69, 9.17) is 9.72 Å². The number of ether oxygens (including phenoxy) is 1. The maximum atomic E-state index is 13.3. The first-order chi connectivity index (χ1) is 19.4. The molecule has 1 unspecified atom stereocenters. The molecule has 0 radical (unpaired) electrons. The Kier molecular flexibility index (Phi) is 7.53. The first-order valence-electron chi connectivity index (χ1n) is 14.1. The van der Waals surface area contributed by atoms with E-state index in [1.807, 2.05) is 32.0 Å². The van der Waals surface area contributed by atoms with Crippen molar-refractivity contribution < 1.29 is 19.4 Å². The Labute approximate surface area is 237 Å². The number of rotatable bonds is 7. The lowest BCUT2D eigenvalue weighted by Gasteiger charge is -2.25. The van der Waals surface area contributed by atoms with Crippen LogP contribution in [0, 0.1) is 13.8 Å². The number of fused-ring (bicyclic) bond motifs is 1. The molecule has 1 aromatic carbocycles. The van der Waals surface area contributed by atoms with E-state index >= 15 is 0 Å². The predicted molar refractivity (Wildman–Crippen MR) is 156 cm³/mol. The summed E-state index contributed by atoms with van der Waals surface area (Å²) >= 11 is 1.64. The molecule has 1 aliphatic carbocycles. The summed E-state index contributed by atoms with van der Waals surface area (Å²) in [5.41, 5.74) is 5.62. The summed E-state index contributed by atoms with van der Waals surface area (Å²) in [4.78, 5) is 36.4. The minimum Gasteiger partial charge on any atom is -0.477 e. The number of carboxylic acids is 1. The van der Waals surface area contributed by atoms with Crippen LogP contribution in [0.5, 0.6) is 0 Å². The van der Waals surface area contributed by atoms with Crippen LogP contribution in [0.1, 0.15) is 64.8 Å². The fourth-order valence-corrected chi connectivity index (χ4v) is 7.05. The lowest BCUT2D eigenvalue weighted by molar-refractivity contribution is -0.132. The Balaban J connectivity index is 1.45. The number of hydrogen-bond donors (Lipinski definition) is 2. The summed E-state index contributed by atoms with van der Waals surface area (Å²) in [5, 5.41) is 15.4. The van der Waals surface area contributed by atoms with E-state index in [9.17, 15) is 14.7 Å². The van der Waals surface area contributed by atoms with Crippen molar-refractivity contribution in [3.63, 3.8) is 0 Å². The molecular formula is C31H34N4O4S. The van der Waals surface area contributed by atoms with Crippen LogP contribution in [0.4, 0.5) is 0 Å². The molecule has 6 rings (SSSR count). The van der Waals surface area contributed by atoms with Crippen molar-refractivity contribution in [3.05, 3.63) is 58.4 Å². The molecule has 208 valence electrons. The molecule has 40 heavy (non-hydrogen) atoms. The highest BCUT2D eigenvalue weighted by Gasteiger charge is 2.30. The normalized spacial score (nSPS) is 18.3. The molecule has 0 amide bonds. The lowest BCUT2D eigenvalue weighted by atomic mass is 9.83. The van der Waals surface area contributed by atoms with Crippen LogP contribution in [0.25, 0.3) is 32.7 Å². The van der Waals surface area contributed by atoms with Gasteiger partial charge in [0.25, 0.3) is 0 Å². The van der Waals surface area contributed by atoms with Gasteiger partial charge >= 0.3 is 5.97 Å². The summed E-state index contributed by atoms with van der Waals surface area (Å²) < 4.78 is 7.42. The van der Waals surface area contributed by atoms with Gasteiger partial charge in [-0.1, -0.05) is 31.4 Å². The minimum absolute atomic E-state index is 0.0464. The van der Waals surface area contributed by atoms with E-state index in [-0.39, 0.29) is 23.9 Å². The largest absolute Gasteiger partial charge is 0.477 e. The third-order valence-corrected chi connectivity index (χ3v) is 9.19. The van der Waals surface area contributed by atoms with E-state index in [1.54, 1.807) is 22.0 Å². The maximum Gasteiger partial charge on any atom is 0.352 e. The Morgan fingerprint density at radius 3 is 2.62 bits per heavy atom. The van der Waals surface area contributed by atoms with Crippen LogP contribution in [0.2, 0.25) is 0 Å². The van der Waals surface area contributed by atoms with Gasteiger partial charge in [-0.3, -0.25) is 4.79 Å². The molecule has 2 aliphatic rings. The number of aromatic nitrogens is 3. The predicted octanol–water partition coefficient (Wildman–Crippen LogP) is 5.75. The highest BCUT2D eigenvalue weighted by Crippen LogP contribution is 2.41. The zero-order chi connectivity index (χ0) is 27.8. The second kappa shape index (κ2) is 11.2. The van der Waals surface area contributed by atoms with Crippen molar-refractivity contribution in [2.75, 3.05) is 19.7 Å². The molecule has 8 nitrogen and oxygen atoms in total. The molecule has 1 saturated heterocycles. The van der Waals surface area contributed by atoms with Gasteiger partial charge in [0.15, 0.2) is 5.78 Å². The number of benzene rings is 1. The van der Waals surface area contributed by atoms with E-state index in [1.165, 1.54) is 6.42 Å². The van der Waals surface area contributed by atoms with Gasteiger partial charge in [0, 0.05) is 18.5 Å². The molecule has 1 aliphatic heterocycles. The standard InChI is InChI=1S/C31H34N4O4S/c1-18-30(40-19(2)33-18)25-11-8-21-14-22(9-10-24(21)34-25)29-23(20-6-4-3-5-7-20)15-26(31(37)38)35(29)17-27(36)28-16-32-12-13-39-28/h8-11,14-15,20,28,32H,3-7,12-13,16-17H2,1-2H3,(H,37,38). The Hall–Kier alpha value is -3.40. The third-order valence-electron chi connectivity index (χ3n) is 8.09. The molecule has 3 aromatic heterocycles. The molecule has 4 aromatic rings. The van der Waals surface area contributed by atoms with Gasteiger partial charge in [0.05, 0.1) is 45.6 Å². The second-order valence-electron chi connectivity index (χ2n) is 10.8. The molecule has 0 bridgehead atoms. The van der Waals surface area contributed by atoms with Gasteiger partial charge in [-0.05, 0) is 68.0 Å². The number of morpholine rings is 1. The number of hydrogen-bond acceptors (Lipinski definition) is 7. The van der Waals surface area contributed by atoms with Crippen LogP contribution in [0.15, 0.2) is 36.4 Å². The van der Waals surface area contributed by atoms with Gasteiger partial charge in [-0.25, -0.2) is 14.8 Å². The van der Waals surface area contributed by atoms with E-state index < -0.39 is 12.1 Å². The number of carbonyl (C=O) groups excluding carboxylic acids is 1. The highest BCUT2D eigenvalue weighted by molar-refractivity contribution is 7.15. The molecule has 1 atom stereocenters. The van der Waals surface area contributed by atoms with Crippen LogP contribution in [0.3, 0.4) is 0 Å². The summed E-state index contributed by atoms with van der Waals surface area (Å²) in [5.74, 6) is -0.885. The average Bonchev–Trinajstić information content (AvgIpc) is 3.52. The molecule has 2 N–H and O–H groups in total. The van der Waals surface area contributed by atoms with Crippen molar-refractivity contribution in [2.24, 2.45) is 0 Å². The Bertz CT molecular complexity index is 1580. The molecule has 9 heteroatoms. The quantitative estimate of drug-likeness (QED) is 0.298. The van der Waals surface area contributed by atoms with Crippen molar-refractivity contribution in [2.45, 2.75) is 64.5 Å². The number of aryl methyl sites for hydroxylation is 2. The third kappa shape index (κ3) is 5.21. The van der Waals surface area contributed by atoms with Crippen LogP contribution in [-0.4, -0.2) is 57.2 Å². The van der Waals surface area contributed by atoms with Crippen LogP contribution < -0.4 is 5.32 Å². The summed E-state index contributed by atoms with van der Waals surface area (Å²) in [6.45, 7) is 5.57. The minimum atomic E-state index is -1.03. The zero-order valence-electron chi connectivity index (χ0n) is 22.9. The monoisotopic (exact) mass is 558 g/mol. The number of pyridine rings is 1. The maximum absolute atomic E-state index is 13.3. The van der Waals surface area contributed by atoms with Gasteiger partial charge in [0.1, 0.15) is 11.8 Å². The van der Waals surface area contributed by atoms with Crippen LogP contribution in [-0.2, 0) is 16.1 Å².